The molecule has 2 aromatic carbocycles. The molecule has 3 aromatic rings. The third kappa shape index (κ3) is 5.62. The monoisotopic (exact) mass is 382 g/mol. The molecule has 1 amide bonds. The van der Waals surface area contributed by atoms with Gasteiger partial charge in [-0.25, -0.2) is 4.98 Å². The molecule has 0 radical (unpaired) electrons. The van der Waals surface area contributed by atoms with Gasteiger partial charge in [-0.15, -0.1) is 11.3 Å². The van der Waals surface area contributed by atoms with Gasteiger partial charge in [0.1, 0.15) is 6.54 Å². The number of para-hydroxylation sites is 1. The van der Waals surface area contributed by atoms with E-state index in [1.807, 2.05) is 18.2 Å². The fourth-order valence-corrected chi connectivity index (χ4v) is 4.07. The zero-order valence-electron chi connectivity index (χ0n) is 16.1. The molecule has 0 aliphatic heterocycles. The first-order valence-corrected chi connectivity index (χ1v) is 10.5. The van der Waals surface area contributed by atoms with Gasteiger partial charge in [-0.05, 0) is 31.5 Å². The van der Waals surface area contributed by atoms with E-state index < -0.39 is 0 Å². The number of hydrogen-bond donors (Lipinski definition) is 2. The number of carbonyl (C=O) groups excluding carboxylic acids is 1. The number of carbonyl (C=O) groups is 1. The lowest BCUT2D eigenvalue weighted by atomic mass is 10.1. The second kappa shape index (κ2) is 9.62. The summed E-state index contributed by atoms with van der Waals surface area (Å²) < 4.78 is 1.18. The van der Waals surface area contributed by atoms with Crippen molar-refractivity contribution in [2.45, 2.75) is 39.8 Å². The van der Waals surface area contributed by atoms with E-state index in [2.05, 4.69) is 54.5 Å². The molecule has 1 aromatic heterocycles. The summed E-state index contributed by atoms with van der Waals surface area (Å²) in [6, 6.07) is 16.7. The lowest BCUT2D eigenvalue weighted by Gasteiger charge is -2.15. The van der Waals surface area contributed by atoms with Gasteiger partial charge in [-0.3, -0.25) is 4.79 Å². The van der Waals surface area contributed by atoms with Gasteiger partial charge < -0.3 is 10.2 Å². The maximum Gasteiger partial charge on any atom is 0.220 e. The van der Waals surface area contributed by atoms with Crippen LogP contribution in [0.2, 0.25) is 0 Å². The number of aryl methyl sites for hydroxylation is 1. The Kier molecular flexibility index (Phi) is 6.96. The number of nitrogens with zero attached hydrogens (tertiary/aromatic N) is 1. The number of rotatable bonds is 9. The van der Waals surface area contributed by atoms with E-state index in [4.69, 9.17) is 0 Å². The molecule has 142 valence electrons. The third-order valence-electron chi connectivity index (χ3n) is 4.87. The smallest absolute Gasteiger partial charge is 0.220 e. The van der Waals surface area contributed by atoms with Crippen LogP contribution in [0.4, 0.5) is 0 Å². The van der Waals surface area contributed by atoms with E-state index in [0.29, 0.717) is 19.4 Å². The molecule has 4 nitrogen and oxygen atoms in total. The molecule has 0 unspecified atom stereocenters. The van der Waals surface area contributed by atoms with E-state index >= 15 is 0 Å². The van der Waals surface area contributed by atoms with Gasteiger partial charge in [0.25, 0.3) is 0 Å². The number of amides is 1. The van der Waals surface area contributed by atoms with Crippen LogP contribution in [0.25, 0.3) is 10.2 Å². The minimum absolute atomic E-state index is 0.0749. The normalized spacial score (nSPS) is 11.2. The SMILES string of the molecule is CC[NH+](CC)Cc1ccc(CNC(=O)CCc2nc3ccccc3s2)cc1. The second-order valence-corrected chi connectivity index (χ2v) is 7.92. The van der Waals surface area contributed by atoms with Crippen LogP contribution in [-0.4, -0.2) is 24.0 Å². The molecule has 0 spiro atoms. The van der Waals surface area contributed by atoms with Crippen molar-refractivity contribution < 1.29 is 9.69 Å². The predicted molar refractivity (Wildman–Crippen MR) is 112 cm³/mol. The lowest BCUT2D eigenvalue weighted by Crippen LogP contribution is -3.10. The lowest BCUT2D eigenvalue weighted by molar-refractivity contribution is -0.910. The zero-order valence-corrected chi connectivity index (χ0v) is 16.9. The minimum Gasteiger partial charge on any atom is -0.352 e. The van der Waals surface area contributed by atoms with Crippen LogP contribution in [0, 0.1) is 0 Å². The summed E-state index contributed by atoms with van der Waals surface area (Å²) in [5.74, 6) is 0.0749. The van der Waals surface area contributed by atoms with E-state index in [1.165, 1.54) is 10.3 Å². The maximum absolute atomic E-state index is 12.2. The van der Waals surface area contributed by atoms with Gasteiger partial charge in [0.2, 0.25) is 5.91 Å². The molecule has 0 fully saturated rings. The number of quaternary nitrogens is 1. The Morgan fingerprint density at radius 3 is 2.44 bits per heavy atom. The Morgan fingerprint density at radius 2 is 1.74 bits per heavy atom. The Labute approximate surface area is 165 Å². The van der Waals surface area contributed by atoms with Crippen LogP contribution >= 0.6 is 11.3 Å². The van der Waals surface area contributed by atoms with Crippen LogP contribution in [0.5, 0.6) is 0 Å². The molecule has 0 saturated heterocycles. The quantitative estimate of drug-likeness (QED) is 0.598. The fraction of sp³-hybridized carbons (Fsp3) is 0.364. The van der Waals surface area contributed by atoms with Gasteiger partial charge in [0, 0.05) is 24.9 Å². The van der Waals surface area contributed by atoms with Crippen molar-refractivity contribution in [1.29, 1.82) is 0 Å². The number of hydrogen-bond acceptors (Lipinski definition) is 3. The number of fused-ring (bicyclic) bond motifs is 1. The molecule has 0 atom stereocenters. The molecular weight excluding hydrogens is 354 g/mol. The van der Waals surface area contributed by atoms with Crippen LogP contribution in [0.1, 0.15) is 36.4 Å². The standard InChI is InChI=1S/C22H27N3OS/c1-3-25(4-2)16-18-11-9-17(10-12-18)15-23-21(26)13-14-22-24-19-7-5-6-8-20(19)27-22/h5-12H,3-4,13-16H2,1-2H3,(H,23,26)/p+1. The summed E-state index contributed by atoms with van der Waals surface area (Å²) in [6.07, 6.45) is 1.17. The highest BCUT2D eigenvalue weighted by Crippen LogP contribution is 2.22. The minimum atomic E-state index is 0.0749. The van der Waals surface area contributed by atoms with Gasteiger partial charge >= 0.3 is 0 Å². The average Bonchev–Trinajstić information content (AvgIpc) is 3.13. The highest BCUT2D eigenvalue weighted by Gasteiger charge is 2.08. The summed E-state index contributed by atoms with van der Waals surface area (Å²) >= 11 is 1.67. The van der Waals surface area contributed by atoms with Crippen molar-refractivity contribution in [3.8, 4) is 0 Å². The summed E-state index contributed by atoms with van der Waals surface area (Å²) in [5.41, 5.74) is 3.51. The molecule has 0 bridgehead atoms. The van der Waals surface area contributed by atoms with Crippen LogP contribution in [0.3, 0.4) is 0 Å². The molecule has 2 N–H and O–H groups in total. The van der Waals surface area contributed by atoms with Crippen molar-refractivity contribution in [3.63, 3.8) is 0 Å². The Bertz CT molecular complexity index is 836. The van der Waals surface area contributed by atoms with E-state index in [0.717, 1.165) is 35.7 Å². The Morgan fingerprint density at radius 1 is 1.04 bits per heavy atom. The summed E-state index contributed by atoms with van der Waals surface area (Å²) in [5, 5.41) is 4.04. The van der Waals surface area contributed by atoms with Crippen molar-refractivity contribution >= 4 is 27.5 Å². The molecule has 0 aliphatic rings. The van der Waals surface area contributed by atoms with Crippen LogP contribution < -0.4 is 10.2 Å². The highest BCUT2D eigenvalue weighted by molar-refractivity contribution is 7.18. The van der Waals surface area contributed by atoms with Crippen molar-refractivity contribution in [2.75, 3.05) is 13.1 Å². The number of nitrogens with one attached hydrogen (secondary N) is 2. The molecule has 3 rings (SSSR count). The van der Waals surface area contributed by atoms with Crippen molar-refractivity contribution in [2.24, 2.45) is 0 Å². The summed E-state index contributed by atoms with van der Waals surface area (Å²) in [7, 11) is 0. The third-order valence-corrected chi connectivity index (χ3v) is 5.97. The first-order valence-electron chi connectivity index (χ1n) is 9.70. The largest absolute Gasteiger partial charge is 0.352 e. The topological polar surface area (TPSA) is 46.4 Å². The summed E-state index contributed by atoms with van der Waals surface area (Å²) in [4.78, 5) is 18.3. The van der Waals surface area contributed by atoms with E-state index in [-0.39, 0.29) is 5.91 Å². The average molecular weight is 383 g/mol. The summed E-state index contributed by atoms with van der Waals surface area (Å²) in [6.45, 7) is 8.36. The number of aromatic nitrogens is 1. The molecule has 0 saturated carbocycles. The van der Waals surface area contributed by atoms with Gasteiger partial charge in [-0.2, -0.15) is 0 Å². The number of thiazole rings is 1. The highest BCUT2D eigenvalue weighted by atomic mass is 32.1. The maximum atomic E-state index is 12.2. The zero-order chi connectivity index (χ0) is 19.1. The van der Waals surface area contributed by atoms with E-state index in [1.54, 1.807) is 16.2 Å². The van der Waals surface area contributed by atoms with Gasteiger partial charge in [0.05, 0.1) is 28.3 Å². The predicted octanol–water partition coefficient (Wildman–Crippen LogP) is 2.97. The van der Waals surface area contributed by atoms with E-state index in [9.17, 15) is 4.79 Å². The molecule has 0 aliphatic carbocycles. The fourth-order valence-electron chi connectivity index (χ4n) is 3.10. The molecule has 5 heteroatoms. The van der Waals surface area contributed by atoms with Crippen molar-refractivity contribution in [3.05, 3.63) is 64.7 Å². The molecular formula is C22H28N3OS+. The Balaban J connectivity index is 1.44. The van der Waals surface area contributed by atoms with Crippen molar-refractivity contribution in [1.82, 2.24) is 10.3 Å². The number of benzene rings is 2. The van der Waals surface area contributed by atoms with Gasteiger partial charge in [-0.1, -0.05) is 36.4 Å². The first-order chi connectivity index (χ1) is 13.2. The second-order valence-electron chi connectivity index (χ2n) is 6.80. The Hall–Kier alpha value is -2.24. The van der Waals surface area contributed by atoms with Crippen LogP contribution in [-0.2, 0) is 24.3 Å². The van der Waals surface area contributed by atoms with Gasteiger partial charge in [0.15, 0.2) is 0 Å². The molecule has 1 heterocycles. The first kappa shape index (κ1) is 19.5. The molecule has 27 heavy (non-hydrogen) atoms. The van der Waals surface area contributed by atoms with Crippen LogP contribution in [0.15, 0.2) is 48.5 Å².